The summed E-state index contributed by atoms with van der Waals surface area (Å²) in [5, 5.41) is 21.9. The Labute approximate surface area is 95.1 Å². The lowest BCUT2D eigenvalue weighted by atomic mass is 9.92. The highest BCUT2D eigenvalue weighted by atomic mass is 79.9. The minimum Gasteiger partial charge on any atom is -0.506 e. The number of aromatic carboxylic acids is 1. The first-order valence-electron chi connectivity index (χ1n) is 4.59. The predicted octanol–water partition coefficient (Wildman–Crippen LogP) is 1.89. The lowest BCUT2D eigenvalue weighted by molar-refractivity contribution is 0.0693. The van der Waals surface area contributed by atoms with Crippen molar-refractivity contribution in [3.8, 4) is 5.75 Å². The molecule has 5 heteroatoms. The molecule has 0 radical (unpaired) electrons. The van der Waals surface area contributed by atoms with E-state index < -0.39 is 5.97 Å². The van der Waals surface area contributed by atoms with Gasteiger partial charge in [0.15, 0.2) is 0 Å². The number of carboxylic acids is 1. The van der Waals surface area contributed by atoms with Crippen molar-refractivity contribution in [3.05, 3.63) is 27.7 Å². The maximum atomic E-state index is 11.0. The van der Waals surface area contributed by atoms with E-state index in [0.717, 1.165) is 13.0 Å². The van der Waals surface area contributed by atoms with Crippen LogP contribution in [-0.2, 0) is 0 Å². The van der Waals surface area contributed by atoms with Crippen molar-refractivity contribution in [3.63, 3.8) is 0 Å². The zero-order chi connectivity index (χ0) is 11.0. The first-order chi connectivity index (χ1) is 7.11. The number of hydrogen-bond donors (Lipinski definition) is 3. The van der Waals surface area contributed by atoms with Crippen molar-refractivity contribution in [1.82, 2.24) is 5.32 Å². The third-order valence-electron chi connectivity index (χ3n) is 2.57. The Morgan fingerprint density at radius 3 is 2.67 bits per heavy atom. The van der Waals surface area contributed by atoms with Crippen LogP contribution in [0.5, 0.6) is 5.75 Å². The second kappa shape index (κ2) is 3.83. The van der Waals surface area contributed by atoms with E-state index in [-0.39, 0.29) is 17.4 Å². The number of hydrogen-bond acceptors (Lipinski definition) is 3. The van der Waals surface area contributed by atoms with Crippen LogP contribution in [0.2, 0.25) is 0 Å². The van der Waals surface area contributed by atoms with Gasteiger partial charge in [0.2, 0.25) is 0 Å². The Morgan fingerprint density at radius 1 is 1.53 bits per heavy atom. The summed E-state index contributed by atoms with van der Waals surface area (Å²) < 4.78 is 0.524. The van der Waals surface area contributed by atoms with Crippen LogP contribution in [0, 0.1) is 0 Å². The van der Waals surface area contributed by atoms with Gasteiger partial charge in [-0.25, -0.2) is 4.79 Å². The molecule has 4 nitrogen and oxygen atoms in total. The highest BCUT2D eigenvalue weighted by Gasteiger charge is 2.27. The van der Waals surface area contributed by atoms with Crippen molar-refractivity contribution in [1.29, 1.82) is 0 Å². The molecule has 1 fully saturated rings. The largest absolute Gasteiger partial charge is 0.506 e. The fraction of sp³-hybridized carbons (Fsp3) is 0.300. The number of halogens is 1. The van der Waals surface area contributed by atoms with E-state index in [4.69, 9.17) is 5.11 Å². The van der Waals surface area contributed by atoms with Gasteiger partial charge in [-0.3, -0.25) is 0 Å². The quantitative estimate of drug-likeness (QED) is 0.769. The zero-order valence-electron chi connectivity index (χ0n) is 7.83. The third kappa shape index (κ3) is 1.72. The third-order valence-corrected chi connectivity index (χ3v) is 3.21. The highest BCUT2D eigenvalue weighted by Crippen LogP contribution is 2.38. The summed E-state index contributed by atoms with van der Waals surface area (Å²) in [4.78, 5) is 11.0. The minimum absolute atomic E-state index is 0.0205. The monoisotopic (exact) mass is 271 g/mol. The van der Waals surface area contributed by atoms with Gasteiger partial charge >= 0.3 is 5.97 Å². The van der Waals surface area contributed by atoms with Gasteiger partial charge in [0, 0.05) is 11.6 Å². The molecule has 0 aromatic heterocycles. The molecule has 1 aromatic rings. The number of rotatable bonds is 2. The zero-order valence-corrected chi connectivity index (χ0v) is 9.41. The van der Waals surface area contributed by atoms with Gasteiger partial charge in [-0.1, -0.05) is 0 Å². The Balaban J connectivity index is 2.54. The van der Waals surface area contributed by atoms with Crippen molar-refractivity contribution in [2.75, 3.05) is 6.54 Å². The predicted molar refractivity (Wildman–Crippen MR) is 58.1 cm³/mol. The van der Waals surface area contributed by atoms with Gasteiger partial charge in [-0.15, -0.1) is 0 Å². The van der Waals surface area contributed by atoms with E-state index >= 15 is 0 Å². The van der Waals surface area contributed by atoms with Crippen molar-refractivity contribution < 1.29 is 15.0 Å². The van der Waals surface area contributed by atoms with Crippen LogP contribution in [0.25, 0.3) is 0 Å². The number of benzene rings is 1. The molecule has 1 atom stereocenters. The summed E-state index contributed by atoms with van der Waals surface area (Å²) >= 11 is 3.18. The fourth-order valence-electron chi connectivity index (χ4n) is 1.66. The molecular formula is C10H10BrNO3. The molecule has 1 aromatic carbocycles. The van der Waals surface area contributed by atoms with Crippen molar-refractivity contribution in [2.24, 2.45) is 0 Å². The first-order valence-corrected chi connectivity index (χ1v) is 5.38. The van der Waals surface area contributed by atoms with E-state index in [2.05, 4.69) is 21.2 Å². The average Bonchev–Trinajstić information content (AvgIpc) is 2.09. The van der Waals surface area contributed by atoms with Crippen LogP contribution in [0.15, 0.2) is 16.6 Å². The molecule has 0 aliphatic carbocycles. The molecule has 0 bridgehead atoms. The lowest BCUT2D eigenvalue weighted by Crippen LogP contribution is -2.36. The maximum Gasteiger partial charge on any atom is 0.336 e. The smallest absolute Gasteiger partial charge is 0.336 e. The molecule has 0 unspecified atom stereocenters. The Kier molecular flexibility index (Phi) is 2.67. The first kappa shape index (κ1) is 10.4. The topological polar surface area (TPSA) is 69.6 Å². The standard InChI is InChI=1S/C10H10BrNO3/c11-6-2-1-5(10(14)15)8(9(6)13)7-3-4-12-7/h1-2,7,12-13H,3-4H2,(H,14,15)/t7-/m0/s1. The summed E-state index contributed by atoms with van der Waals surface area (Å²) in [6.07, 6.45) is 0.851. The lowest BCUT2D eigenvalue weighted by Gasteiger charge is -2.29. The van der Waals surface area contributed by atoms with Crippen LogP contribution in [-0.4, -0.2) is 22.7 Å². The molecular weight excluding hydrogens is 262 g/mol. The van der Waals surface area contributed by atoms with Crippen LogP contribution < -0.4 is 5.32 Å². The Morgan fingerprint density at radius 2 is 2.20 bits per heavy atom. The van der Waals surface area contributed by atoms with E-state index in [9.17, 15) is 9.90 Å². The van der Waals surface area contributed by atoms with Crippen molar-refractivity contribution >= 4 is 21.9 Å². The Hall–Kier alpha value is -1.07. The van der Waals surface area contributed by atoms with Gasteiger partial charge in [0.25, 0.3) is 0 Å². The van der Waals surface area contributed by atoms with E-state index in [0.29, 0.717) is 10.0 Å². The van der Waals surface area contributed by atoms with E-state index in [1.807, 2.05) is 0 Å². The van der Waals surface area contributed by atoms with Crippen LogP contribution in [0.3, 0.4) is 0 Å². The Bertz CT molecular complexity index is 415. The molecule has 0 amide bonds. The average molecular weight is 272 g/mol. The number of phenols is 1. The van der Waals surface area contributed by atoms with Gasteiger partial charge in [0.05, 0.1) is 10.0 Å². The molecule has 0 saturated carbocycles. The van der Waals surface area contributed by atoms with Crippen LogP contribution >= 0.6 is 15.9 Å². The molecule has 15 heavy (non-hydrogen) atoms. The summed E-state index contributed by atoms with van der Waals surface area (Å²) in [6, 6.07) is 3.00. The second-order valence-electron chi connectivity index (χ2n) is 3.46. The SMILES string of the molecule is O=C(O)c1ccc(Br)c(O)c1[C@@H]1CCN1. The van der Waals surface area contributed by atoms with Gasteiger partial charge in [-0.2, -0.15) is 0 Å². The molecule has 3 N–H and O–H groups in total. The van der Waals surface area contributed by atoms with Crippen molar-refractivity contribution in [2.45, 2.75) is 12.5 Å². The van der Waals surface area contributed by atoms with E-state index in [1.54, 1.807) is 6.07 Å². The number of nitrogens with one attached hydrogen (secondary N) is 1. The molecule has 2 rings (SSSR count). The highest BCUT2D eigenvalue weighted by molar-refractivity contribution is 9.10. The molecule has 1 aliphatic heterocycles. The summed E-state index contributed by atoms with van der Waals surface area (Å²) in [5.41, 5.74) is 0.635. The fourth-order valence-corrected chi connectivity index (χ4v) is 2.00. The molecule has 1 heterocycles. The number of carbonyl (C=O) groups is 1. The number of aromatic hydroxyl groups is 1. The van der Waals surface area contributed by atoms with Gasteiger partial charge in [0.1, 0.15) is 5.75 Å². The van der Waals surface area contributed by atoms with Crippen LogP contribution in [0.4, 0.5) is 0 Å². The molecule has 0 spiro atoms. The van der Waals surface area contributed by atoms with Gasteiger partial charge in [-0.05, 0) is 41.0 Å². The molecule has 1 saturated heterocycles. The van der Waals surface area contributed by atoms with E-state index in [1.165, 1.54) is 6.07 Å². The minimum atomic E-state index is -1.01. The summed E-state index contributed by atoms with van der Waals surface area (Å²) in [6.45, 7) is 0.857. The number of carboxylic acid groups (broad SMARTS) is 1. The molecule has 1 aliphatic rings. The molecule has 80 valence electrons. The maximum absolute atomic E-state index is 11.0. The van der Waals surface area contributed by atoms with Crippen LogP contribution in [0.1, 0.15) is 28.4 Å². The van der Waals surface area contributed by atoms with Gasteiger partial charge < -0.3 is 15.5 Å². The normalized spacial score (nSPS) is 19.7. The summed E-state index contributed by atoms with van der Waals surface area (Å²) in [7, 11) is 0. The number of phenolic OH excluding ortho intramolecular Hbond substituents is 1. The second-order valence-corrected chi connectivity index (χ2v) is 4.31. The summed E-state index contributed by atoms with van der Waals surface area (Å²) in [5.74, 6) is -0.992.